The lowest BCUT2D eigenvalue weighted by molar-refractivity contribution is -0.209. The molecular formula is C32H54O6. The van der Waals surface area contributed by atoms with E-state index in [-0.39, 0.29) is 25.0 Å². The zero-order chi connectivity index (χ0) is 27.1. The van der Waals surface area contributed by atoms with Crippen molar-refractivity contribution in [3.05, 3.63) is 29.8 Å². The molecule has 0 saturated carbocycles. The SMILES string of the molecule is CCCCCCCCCCCCCCCC(=O)OC[C@H](COCc1ccc(OC)cc1)OC1CCCCO1. The highest BCUT2D eigenvalue weighted by Crippen LogP contribution is 2.18. The van der Waals surface area contributed by atoms with Crippen molar-refractivity contribution in [1.29, 1.82) is 0 Å². The fourth-order valence-electron chi connectivity index (χ4n) is 4.73. The van der Waals surface area contributed by atoms with E-state index in [0.29, 0.717) is 26.2 Å². The summed E-state index contributed by atoms with van der Waals surface area (Å²) in [6.07, 6.45) is 19.7. The van der Waals surface area contributed by atoms with Crippen LogP contribution >= 0.6 is 0 Å². The van der Waals surface area contributed by atoms with Crippen molar-refractivity contribution < 1.29 is 28.5 Å². The number of hydrogen-bond donors (Lipinski definition) is 0. The van der Waals surface area contributed by atoms with Gasteiger partial charge in [0.2, 0.25) is 0 Å². The van der Waals surface area contributed by atoms with Gasteiger partial charge in [0.25, 0.3) is 0 Å². The molecule has 0 spiro atoms. The molecule has 0 N–H and O–H groups in total. The van der Waals surface area contributed by atoms with Crippen LogP contribution in [0.2, 0.25) is 0 Å². The lowest BCUT2D eigenvalue weighted by Crippen LogP contribution is -2.34. The van der Waals surface area contributed by atoms with Crippen LogP contribution in [0.5, 0.6) is 5.75 Å². The smallest absolute Gasteiger partial charge is 0.305 e. The van der Waals surface area contributed by atoms with Gasteiger partial charge >= 0.3 is 5.97 Å². The molecule has 0 radical (unpaired) electrons. The van der Waals surface area contributed by atoms with Crippen molar-refractivity contribution in [3.8, 4) is 5.75 Å². The fraction of sp³-hybridized carbons (Fsp3) is 0.781. The van der Waals surface area contributed by atoms with Crippen LogP contribution in [0.4, 0.5) is 0 Å². The summed E-state index contributed by atoms with van der Waals surface area (Å²) in [5.74, 6) is 0.668. The topological polar surface area (TPSA) is 63.2 Å². The number of carbonyl (C=O) groups excluding carboxylic acids is 1. The summed E-state index contributed by atoms with van der Waals surface area (Å²) in [5.41, 5.74) is 1.05. The largest absolute Gasteiger partial charge is 0.497 e. The molecule has 1 aromatic carbocycles. The first kappa shape index (κ1) is 32.6. The Hall–Kier alpha value is -1.63. The molecule has 2 atom stereocenters. The predicted molar refractivity (Wildman–Crippen MR) is 152 cm³/mol. The summed E-state index contributed by atoms with van der Waals surface area (Å²) in [7, 11) is 1.65. The van der Waals surface area contributed by atoms with E-state index in [9.17, 15) is 4.79 Å². The third kappa shape index (κ3) is 16.4. The quantitative estimate of drug-likeness (QED) is 0.104. The summed E-state index contributed by atoms with van der Waals surface area (Å²) in [4.78, 5) is 12.3. The van der Waals surface area contributed by atoms with Crippen LogP contribution in [-0.2, 0) is 30.3 Å². The van der Waals surface area contributed by atoms with Crippen LogP contribution in [-0.4, -0.2) is 45.3 Å². The maximum Gasteiger partial charge on any atom is 0.305 e. The molecule has 2 rings (SSSR count). The molecule has 1 aromatic rings. The maximum absolute atomic E-state index is 12.3. The van der Waals surface area contributed by atoms with Crippen molar-refractivity contribution in [2.45, 2.75) is 135 Å². The minimum absolute atomic E-state index is 0.151. The van der Waals surface area contributed by atoms with Crippen LogP contribution in [0.1, 0.15) is 122 Å². The third-order valence-corrected chi connectivity index (χ3v) is 7.13. The van der Waals surface area contributed by atoms with Crippen LogP contribution in [0.3, 0.4) is 0 Å². The number of ether oxygens (including phenoxy) is 5. The van der Waals surface area contributed by atoms with Crippen LogP contribution in [0.25, 0.3) is 0 Å². The van der Waals surface area contributed by atoms with Gasteiger partial charge in [0.1, 0.15) is 18.5 Å². The van der Waals surface area contributed by atoms with Gasteiger partial charge in [0.15, 0.2) is 6.29 Å². The number of unbranched alkanes of at least 4 members (excludes halogenated alkanes) is 12. The van der Waals surface area contributed by atoms with Crippen LogP contribution in [0.15, 0.2) is 24.3 Å². The van der Waals surface area contributed by atoms with Gasteiger partial charge in [-0.1, -0.05) is 96.1 Å². The number of carbonyl (C=O) groups is 1. The van der Waals surface area contributed by atoms with Gasteiger partial charge in [0, 0.05) is 13.0 Å². The normalized spacial score (nSPS) is 16.3. The highest BCUT2D eigenvalue weighted by Gasteiger charge is 2.21. The zero-order valence-electron chi connectivity index (χ0n) is 24.3. The molecule has 0 bridgehead atoms. The lowest BCUT2D eigenvalue weighted by atomic mass is 10.0. The van der Waals surface area contributed by atoms with Gasteiger partial charge in [-0.25, -0.2) is 0 Å². The summed E-state index contributed by atoms with van der Waals surface area (Å²) in [5, 5.41) is 0. The molecule has 218 valence electrons. The number of esters is 1. The third-order valence-electron chi connectivity index (χ3n) is 7.13. The van der Waals surface area contributed by atoms with E-state index in [1.807, 2.05) is 24.3 Å². The van der Waals surface area contributed by atoms with E-state index < -0.39 is 0 Å². The van der Waals surface area contributed by atoms with Gasteiger partial charge in [-0.3, -0.25) is 4.79 Å². The first-order chi connectivity index (χ1) is 18.7. The Morgan fingerprint density at radius 1 is 0.868 bits per heavy atom. The second-order valence-corrected chi connectivity index (χ2v) is 10.6. The minimum Gasteiger partial charge on any atom is -0.497 e. The molecule has 6 nitrogen and oxygen atoms in total. The van der Waals surface area contributed by atoms with E-state index in [4.69, 9.17) is 23.7 Å². The molecule has 6 heteroatoms. The van der Waals surface area contributed by atoms with Gasteiger partial charge in [-0.05, 0) is 43.4 Å². The first-order valence-corrected chi connectivity index (χ1v) is 15.3. The molecule has 1 unspecified atom stereocenters. The van der Waals surface area contributed by atoms with Gasteiger partial charge in [0.05, 0.1) is 20.3 Å². The zero-order valence-corrected chi connectivity index (χ0v) is 24.3. The second kappa shape index (κ2) is 22.2. The summed E-state index contributed by atoms with van der Waals surface area (Å²) in [6.45, 7) is 3.98. The average Bonchev–Trinajstić information content (AvgIpc) is 2.95. The molecule has 0 amide bonds. The second-order valence-electron chi connectivity index (χ2n) is 10.6. The Bertz CT molecular complexity index is 686. The molecule has 1 saturated heterocycles. The van der Waals surface area contributed by atoms with Gasteiger partial charge in [-0.15, -0.1) is 0 Å². The number of benzene rings is 1. The Labute approximate surface area is 232 Å². The molecular weight excluding hydrogens is 480 g/mol. The average molecular weight is 535 g/mol. The number of methoxy groups -OCH3 is 1. The Kier molecular flexibility index (Phi) is 19.0. The van der Waals surface area contributed by atoms with Crippen molar-refractivity contribution in [2.75, 3.05) is 26.9 Å². The minimum atomic E-state index is -0.341. The van der Waals surface area contributed by atoms with E-state index in [1.165, 1.54) is 70.6 Å². The highest BCUT2D eigenvalue weighted by molar-refractivity contribution is 5.69. The summed E-state index contributed by atoms with van der Waals surface area (Å²) >= 11 is 0. The summed E-state index contributed by atoms with van der Waals surface area (Å²) in [6, 6.07) is 7.80. The number of hydrogen-bond acceptors (Lipinski definition) is 6. The van der Waals surface area contributed by atoms with Crippen molar-refractivity contribution in [1.82, 2.24) is 0 Å². The number of rotatable bonds is 23. The molecule has 0 aromatic heterocycles. The fourth-order valence-corrected chi connectivity index (χ4v) is 4.73. The van der Waals surface area contributed by atoms with Gasteiger partial charge in [-0.2, -0.15) is 0 Å². The molecule has 1 heterocycles. The van der Waals surface area contributed by atoms with E-state index in [1.54, 1.807) is 7.11 Å². The van der Waals surface area contributed by atoms with Crippen molar-refractivity contribution in [3.63, 3.8) is 0 Å². The van der Waals surface area contributed by atoms with Crippen molar-refractivity contribution in [2.24, 2.45) is 0 Å². The van der Waals surface area contributed by atoms with E-state index >= 15 is 0 Å². The molecule has 38 heavy (non-hydrogen) atoms. The predicted octanol–water partition coefficient (Wildman–Crippen LogP) is 8.15. The molecule has 0 aliphatic carbocycles. The lowest BCUT2D eigenvalue weighted by Gasteiger charge is -2.27. The Balaban J connectivity index is 1.54. The van der Waals surface area contributed by atoms with Crippen molar-refractivity contribution >= 4 is 5.97 Å². The molecule has 1 aliphatic heterocycles. The van der Waals surface area contributed by atoms with Crippen LogP contribution < -0.4 is 4.74 Å². The van der Waals surface area contributed by atoms with Gasteiger partial charge < -0.3 is 23.7 Å². The van der Waals surface area contributed by atoms with E-state index in [0.717, 1.165) is 43.4 Å². The Morgan fingerprint density at radius 3 is 2.08 bits per heavy atom. The Morgan fingerprint density at radius 2 is 1.50 bits per heavy atom. The summed E-state index contributed by atoms with van der Waals surface area (Å²) < 4.78 is 28.5. The molecule has 1 aliphatic rings. The first-order valence-electron chi connectivity index (χ1n) is 15.3. The highest BCUT2D eigenvalue weighted by atomic mass is 16.7. The standard InChI is InChI=1S/C32H54O6/c1-3-4-5-6-7-8-9-10-11-12-13-14-15-18-31(33)37-27-30(38-32-19-16-17-24-36-32)26-35-25-28-20-22-29(34-2)23-21-28/h20-23,30,32H,3-19,24-27H2,1-2H3/t30-,32?/m0/s1. The van der Waals surface area contributed by atoms with E-state index in [2.05, 4.69) is 6.92 Å². The maximum atomic E-state index is 12.3. The monoisotopic (exact) mass is 534 g/mol. The molecule has 1 fully saturated rings. The van der Waals surface area contributed by atoms with Crippen LogP contribution in [0, 0.1) is 0 Å².